The van der Waals surface area contributed by atoms with E-state index in [0.717, 1.165) is 25.9 Å². The average molecular weight is 173 g/mol. The second kappa shape index (κ2) is 8.00. The number of nitrogens with one attached hydrogen (secondary N) is 2. The highest BCUT2D eigenvalue weighted by atomic mass is 16.5. The largest absolute Gasteiger partial charge is 0.482 e. The first-order valence-electron chi connectivity index (χ1n) is 3.71. The lowest BCUT2D eigenvalue weighted by Gasteiger charge is -2.14. The van der Waals surface area contributed by atoms with E-state index in [1.165, 1.54) is 0 Å². The zero-order chi connectivity index (χ0) is 9.23. The quantitative estimate of drug-likeness (QED) is 0.312. The van der Waals surface area contributed by atoms with Gasteiger partial charge in [0.05, 0.1) is 0 Å². The standard InChI is InChI=1S/C7H15N3O2/c1-10(2-4-11-6-8)3-5-12-7-9/h6-9H,2-5H2,1H3. The van der Waals surface area contributed by atoms with Crippen molar-refractivity contribution < 1.29 is 9.47 Å². The van der Waals surface area contributed by atoms with Crippen molar-refractivity contribution in [3.63, 3.8) is 0 Å². The number of hydrogen-bond donors (Lipinski definition) is 2. The van der Waals surface area contributed by atoms with Gasteiger partial charge in [0.1, 0.15) is 13.2 Å². The van der Waals surface area contributed by atoms with Gasteiger partial charge < -0.3 is 9.47 Å². The van der Waals surface area contributed by atoms with Crippen LogP contribution >= 0.6 is 0 Å². The van der Waals surface area contributed by atoms with E-state index in [1.807, 2.05) is 11.9 Å². The van der Waals surface area contributed by atoms with E-state index in [-0.39, 0.29) is 0 Å². The van der Waals surface area contributed by atoms with Gasteiger partial charge in [-0.3, -0.25) is 15.7 Å². The molecule has 0 radical (unpaired) electrons. The molecule has 0 unspecified atom stereocenters. The van der Waals surface area contributed by atoms with E-state index in [1.54, 1.807) is 0 Å². The molecule has 2 N–H and O–H groups in total. The number of ether oxygens (including phenoxy) is 2. The Kier molecular flexibility index (Phi) is 7.27. The fourth-order valence-electron chi connectivity index (χ4n) is 0.647. The van der Waals surface area contributed by atoms with Crippen LogP contribution in [-0.4, -0.2) is 51.1 Å². The minimum Gasteiger partial charge on any atom is -0.482 e. The van der Waals surface area contributed by atoms with Gasteiger partial charge in [0.15, 0.2) is 12.8 Å². The van der Waals surface area contributed by atoms with E-state index >= 15 is 0 Å². The minimum atomic E-state index is 0.518. The molecule has 0 aromatic carbocycles. The van der Waals surface area contributed by atoms with Gasteiger partial charge in [-0.15, -0.1) is 0 Å². The average Bonchev–Trinajstić information content (AvgIpc) is 2.06. The summed E-state index contributed by atoms with van der Waals surface area (Å²) in [5, 5.41) is 13.2. The third-order valence-corrected chi connectivity index (χ3v) is 1.35. The first-order valence-corrected chi connectivity index (χ1v) is 3.71. The maximum absolute atomic E-state index is 6.59. The summed E-state index contributed by atoms with van der Waals surface area (Å²) in [4.78, 5) is 2.01. The lowest BCUT2D eigenvalue weighted by Crippen LogP contribution is -2.26. The number of nitrogens with zero attached hydrogens (tertiary/aromatic N) is 1. The lowest BCUT2D eigenvalue weighted by atomic mass is 10.5. The zero-order valence-electron chi connectivity index (χ0n) is 7.25. The molecule has 0 aliphatic heterocycles. The molecule has 0 aromatic heterocycles. The van der Waals surface area contributed by atoms with Crippen molar-refractivity contribution in [2.75, 3.05) is 33.4 Å². The van der Waals surface area contributed by atoms with Crippen molar-refractivity contribution in [1.29, 1.82) is 10.8 Å². The number of likely N-dealkylation sites (N-methyl/N-ethyl adjacent to an activating group) is 1. The van der Waals surface area contributed by atoms with Crippen LogP contribution in [0.25, 0.3) is 0 Å². The van der Waals surface area contributed by atoms with Crippen LogP contribution in [0, 0.1) is 10.8 Å². The highest BCUT2D eigenvalue weighted by Gasteiger charge is 1.96. The Labute approximate surface area is 72.3 Å². The smallest absolute Gasteiger partial charge is 0.166 e. The molecule has 0 saturated heterocycles. The second-order valence-corrected chi connectivity index (χ2v) is 2.28. The molecule has 5 heteroatoms. The third kappa shape index (κ3) is 7.01. The second-order valence-electron chi connectivity index (χ2n) is 2.28. The summed E-state index contributed by atoms with van der Waals surface area (Å²) in [6.07, 6.45) is 1.86. The molecule has 5 nitrogen and oxygen atoms in total. The minimum absolute atomic E-state index is 0.518. The Morgan fingerprint density at radius 1 is 1.08 bits per heavy atom. The van der Waals surface area contributed by atoms with E-state index in [9.17, 15) is 0 Å². The predicted molar refractivity (Wildman–Crippen MR) is 47.0 cm³/mol. The number of rotatable bonds is 8. The maximum Gasteiger partial charge on any atom is 0.166 e. The highest BCUT2D eigenvalue weighted by Crippen LogP contribution is 1.82. The summed E-state index contributed by atoms with van der Waals surface area (Å²) < 4.78 is 9.45. The van der Waals surface area contributed by atoms with Crippen LogP contribution in [0.2, 0.25) is 0 Å². The van der Waals surface area contributed by atoms with Gasteiger partial charge in [0.2, 0.25) is 0 Å². The van der Waals surface area contributed by atoms with Gasteiger partial charge >= 0.3 is 0 Å². The van der Waals surface area contributed by atoms with Crippen LogP contribution in [0.4, 0.5) is 0 Å². The molecule has 0 spiro atoms. The SMILES string of the molecule is CN(CCOC=N)CCOC=N. The fraction of sp³-hybridized carbons (Fsp3) is 0.714. The summed E-state index contributed by atoms with van der Waals surface area (Å²) in [7, 11) is 1.93. The Balaban J connectivity index is 3.14. The van der Waals surface area contributed by atoms with Crippen LogP contribution in [0.3, 0.4) is 0 Å². The number of hydrogen-bond acceptors (Lipinski definition) is 5. The molecule has 0 aliphatic carbocycles. The summed E-state index contributed by atoms with van der Waals surface area (Å²) in [6.45, 7) is 2.56. The van der Waals surface area contributed by atoms with Crippen molar-refractivity contribution in [3.8, 4) is 0 Å². The summed E-state index contributed by atoms with van der Waals surface area (Å²) in [5.74, 6) is 0. The van der Waals surface area contributed by atoms with Crippen LogP contribution in [0.1, 0.15) is 0 Å². The van der Waals surface area contributed by atoms with Crippen molar-refractivity contribution in [1.82, 2.24) is 4.90 Å². The molecule has 12 heavy (non-hydrogen) atoms. The zero-order valence-corrected chi connectivity index (χ0v) is 7.25. The Morgan fingerprint density at radius 2 is 1.50 bits per heavy atom. The topological polar surface area (TPSA) is 69.4 Å². The molecular weight excluding hydrogens is 158 g/mol. The molecule has 0 amide bonds. The molecule has 0 saturated carbocycles. The van der Waals surface area contributed by atoms with Crippen molar-refractivity contribution in [3.05, 3.63) is 0 Å². The first kappa shape index (κ1) is 10.9. The van der Waals surface area contributed by atoms with Crippen molar-refractivity contribution in [2.45, 2.75) is 0 Å². The van der Waals surface area contributed by atoms with Gasteiger partial charge in [-0.25, -0.2) is 0 Å². The van der Waals surface area contributed by atoms with E-state index in [2.05, 4.69) is 0 Å². The Bertz CT molecular complexity index is 116. The van der Waals surface area contributed by atoms with E-state index in [4.69, 9.17) is 20.3 Å². The van der Waals surface area contributed by atoms with Crippen LogP contribution in [-0.2, 0) is 9.47 Å². The molecule has 70 valence electrons. The van der Waals surface area contributed by atoms with E-state index in [0.29, 0.717) is 13.2 Å². The monoisotopic (exact) mass is 173 g/mol. The molecule has 0 bridgehead atoms. The van der Waals surface area contributed by atoms with Crippen LogP contribution in [0.5, 0.6) is 0 Å². The van der Waals surface area contributed by atoms with Crippen LogP contribution in [0.15, 0.2) is 0 Å². The molecule has 0 rings (SSSR count). The van der Waals surface area contributed by atoms with Crippen LogP contribution < -0.4 is 0 Å². The maximum atomic E-state index is 6.59. The molecule has 0 aromatic rings. The molecule has 0 fully saturated rings. The predicted octanol–water partition coefficient (Wildman–Crippen LogP) is 0.166. The van der Waals surface area contributed by atoms with Gasteiger partial charge in [0, 0.05) is 13.1 Å². The molecular formula is C7H15N3O2. The summed E-state index contributed by atoms with van der Waals surface area (Å²) in [6, 6.07) is 0. The molecule has 0 heterocycles. The molecule has 0 aliphatic rings. The van der Waals surface area contributed by atoms with Crippen molar-refractivity contribution in [2.24, 2.45) is 0 Å². The molecule has 0 atom stereocenters. The summed E-state index contributed by atoms with van der Waals surface area (Å²) >= 11 is 0. The van der Waals surface area contributed by atoms with Crippen molar-refractivity contribution >= 4 is 12.8 Å². The van der Waals surface area contributed by atoms with E-state index < -0.39 is 0 Å². The Hall–Kier alpha value is -1.10. The normalized spacial score (nSPS) is 9.50. The Morgan fingerprint density at radius 3 is 1.83 bits per heavy atom. The third-order valence-electron chi connectivity index (χ3n) is 1.35. The van der Waals surface area contributed by atoms with Gasteiger partial charge in [-0.1, -0.05) is 0 Å². The van der Waals surface area contributed by atoms with Gasteiger partial charge in [0.25, 0.3) is 0 Å². The first-order chi connectivity index (χ1) is 5.81. The highest BCUT2D eigenvalue weighted by molar-refractivity contribution is 5.41. The fourth-order valence-corrected chi connectivity index (χ4v) is 0.647. The summed E-state index contributed by atoms with van der Waals surface area (Å²) in [5.41, 5.74) is 0. The van der Waals surface area contributed by atoms with Gasteiger partial charge in [-0.05, 0) is 7.05 Å². The lowest BCUT2D eigenvalue weighted by molar-refractivity contribution is 0.199. The van der Waals surface area contributed by atoms with Gasteiger partial charge in [-0.2, -0.15) is 0 Å².